The molecule has 1 aromatic heterocycles. The van der Waals surface area contributed by atoms with Gasteiger partial charge in [-0.1, -0.05) is 12.1 Å². The van der Waals surface area contributed by atoms with Crippen LogP contribution in [0.25, 0.3) is 11.0 Å². The van der Waals surface area contributed by atoms with Crippen molar-refractivity contribution in [3.05, 3.63) is 34.7 Å². The van der Waals surface area contributed by atoms with Crippen LogP contribution < -0.4 is 11.0 Å². The zero-order chi connectivity index (χ0) is 18.0. The number of nitrogens with zero attached hydrogens (tertiary/aromatic N) is 4. The SMILES string of the molecule is CCNC(=O)N1CCN(C(=O)Cn2c(=O)n(C)c3ccccc32)CC1. The summed E-state index contributed by atoms with van der Waals surface area (Å²) in [5.41, 5.74) is 1.36. The number of rotatable bonds is 3. The van der Waals surface area contributed by atoms with Crippen molar-refractivity contribution in [3.8, 4) is 0 Å². The van der Waals surface area contributed by atoms with E-state index < -0.39 is 0 Å². The van der Waals surface area contributed by atoms with E-state index in [4.69, 9.17) is 0 Å². The topological polar surface area (TPSA) is 79.6 Å². The molecule has 1 aliphatic rings. The molecule has 0 spiro atoms. The predicted octanol–water partition coefficient (Wildman–Crippen LogP) is 0.214. The van der Waals surface area contributed by atoms with Crippen molar-refractivity contribution in [1.82, 2.24) is 24.3 Å². The van der Waals surface area contributed by atoms with E-state index in [1.165, 1.54) is 4.57 Å². The van der Waals surface area contributed by atoms with Crippen molar-refractivity contribution in [1.29, 1.82) is 0 Å². The lowest BCUT2D eigenvalue weighted by molar-refractivity contribution is -0.133. The minimum Gasteiger partial charge on any atom is -0.338 e. The molecule has 1 N–H and O–H groups in total. The van der Waals surface area contributed by atoms with Gasteiger partial charge in [0.1, 0.15) is 6.54 Å². The molecule has 0 aliphatic carbocycles. The van der Waals surface area contributed by atoms with Crippen molar-refractivity contribution in [2.45, 2.75) is 13.5 Å². The highest BCUT2D eigenvalue weighted by Gasteiger charge is 2.24. The Labute approximate surface area is 145 Å². The second kappa shape index (κ2) is 7.00. The number of hydrogen-bond acceptors (Lipinski definition) is 3. The molecule has 134 valence electrons. The van der Waals surface area contributed by atoms with Crippen molar-refractivity contribution in [3.63, 3.8) is 0 Å². The first-order valence-electron chi connectivity index (χ1n) is 8.47. The molecule has 0 saturated carbocycles. The Bertz CT molecular complexity index is 846. The molecule has 1 aromatic carbocycles. The Morgan fingerprint density at radius 3 is 2.28 bits per heavy atom. The van der Waals surface area contributed by atoms with E-state index in [0.29, 0.717) is 32.7 Å². The average Bonchev–Trinajstić information content (AvgIpc) is 2.87. The van der Waals surface area contributed by atoms with E-state index in [2.05, 4.69) is 5.32 Å². The third-order valence-electron chi connectivity index (χ3n) is 4.59. The predicted molar refractivity (Wildman–Crippen MR) is 94.4 cm³/mol. The first-order chi connectivity index (χ1) is 12.0. The Balaban J connectivity index is 1.69. The summed E-state index contributed by atoms with van der Waals surface area (Å²) >= 11 is 0. The Morgan fingerprint density at radius 1 is 1.04 bits per heavy atom. The van der Waals surface area contributed by atoms with Crippen LogP contribution in [0.3, 0.4) is 0 Å². The van der Waals surface area contributed by atoms with Gasteiger partial charge in [-0.3, -0.25) is 13.9 Å². The molecule has 0 bridgehead atoms. The van der Waals surface area contributed by atoms with E-state index in [1.54, 1.807) is 21.4 Å². The highest BCUT2D eigenvalue weighted by Crippen LogP contribution is 2.12. The number of benzene rings is 1. The average molecular weight is 345 g/mol. The normalized spacial score (nSPS) is 14.8. The van der Waals surface area contributed by atoms with Crippen molar-refractivity contribution >= 4 is 23.0 Å². The lowest BCUT2D eigenvalue weighted by Crippen LogP contribution is -2.53. The fourth-order valence-electron chi connectivity index (χ4n) is 3.17. The molecule has 1 saturated heterocycles. The fourth-order valence-corrected chi connectivity index (χ4v) is 3.17. The summed E-state index contributed by atoms with van der Waals surface area (Å²) in [4.78, 5) is 40.3. The molecule has 1 fully saturated rings. The monoisotopic (exact) mass is 345 g/mol. The van der Waals surface area contributed by atoms with Crippen molar-refractivity contribution in [2.75, 3.05) is 32.7 Å². The lowest BCUT2D eigenvalue weighted by Gasteiger charge is -2.34. The first kappa shape index (κ1) is 17.1. The van der Waals surface area contributed by atoms with Gasteiger partial charge in [0, 0.05) is 39.8 Å². The number of carbonyl (C=O) groups is 2. The molecule has 8 nitrogen and oxygen atoms in total. The number of imidazole rings is 1. The summed E-state index contributed by atoms with van der Waals surface area (Å²) < 4.78 is 3.06. The van der Waals surface area contributed by atoms with Gasteiger partial charge in [0.25, 0.3) is 0 Å². The van der Waals surface area contributed by atoms with Crippen LogP contribution in [-0.4, -0.2) is 63.6 Å². The highest BCUT2D eigenvalue weighted by atomic mass is 16.2. The zero-order valence-electron chi connectivity index (χ0n) is 14.6. The van der Waals surface area contributed by atoms with E-state index >= 15 is 0 Å². The summed E-state index contributed by atoms with van der Waals surface area (Å²) in [7, 11) is 1.71. The van der Waals surface area contributed by atoms with Crippen molar-refractivity contribution in [2.24, 2.45) is 7.05 Å². The van der Waals surface area contributed by atoms with Crippen LogP contribution in [0, 0.1) is 0 Å². The molecular formula is C17H23N5O3. The molecule has 25 heavy (non-hydrogen) atoms. The van der Waals surface area contributed by atoms with Crippen LogP contribution in [0.15, 0.2) is 29.1 Å². The van der Waals surface area contributed by atoms with Crippen LogP contribution >= 0.6 is 0 Å². The van der Waals surface area contributed by atoms with Gasteiger partial charge in [-0.05, 0) is 19.1 Å². The van der Waals surface area contributed by atoms with Gasteiger partial charge in [-0.2, -0.15) is 0 Å². The number of aromatic nitrogens is 2. The smallest absolute Gasteiger partial charge is 0.329 e. The molecule has 0 atom stereocenters. The van der Waals surface area contributed by atoms with Crippen LogP contribution in [-0.2, 0) is 18.4 Å². The Hall–Kier alpha value is -2.77. The summed E-state index contributed by atoms with van der Waals surface area (Å²) in [5.74, 6) is -0.103. The van der Waals surface area contributed by atoms with Gasteiger partial charge < -0.3 is 15.1 Å². The summed E-state index contributed by atoms with van der Waals surface area (Å²) in [5, 5.41) is 2.76. The molecule has 3 rings (SSSR count). The molecule has 2 aromatic rings. The minimum absolute atomic E-state index is 0.0152. The largest absolute Gasteiger partial charge is 0.338 e. The van der Waals surface area contributed by atoms with Crippen molar-refractivity contribution < 1.29 is 9.59 Å². The summed E-state index contributed by atoms with van der Waals surface area (Å²) in [6.07, 6.45) is 0. The summed E-state index contributed by atoms with van der Waals surface area (Å²) in [6, 6.07) is 7.34. The zero-order valence-corrected chi connectivity index (χ0v) is 14.6. The van der Waals surface area contributed by atoms with Crippen LogP contribution in [0.1, 0.15) is 6.92 Å². The number of nitrogens with one attached hydrogen (secondary N) is 1. The third kappa shape index (κ3) is 3.24. The number of fused-ring (bicyclic) bond motifs is 1. The van der Waals surface area contributed by atoms with Gasteiger partial charge in [-0.25, -0.2) is 9.59 Å². The fraction of sp³-hybridized carbons (Fsp3) is 0.471. The van der Waals surface area contributed by atoms with E-state index in [0.717, 1.165) is 11.0 Å². The minimum atomic E-state index is -0.199. The van der Waals surface area contributed by atoms with E-state index in [-0.39, 0.29) is 24.2 Å². The third-order valence-corrected chi connectivity index (χ3v) is 4.59. The highest BCUT2D eigenvalue weighted by molar-refractivity contribution is 5.81. The van der Waals surface area contributed by atoms with Gasteiger partial charge in [-0.15, -0.1) is 0 Å². The summed E-state index contributed by atoms with van der Waals surface area (Å²) in [6.45, 7) is 4.44. The Morgan fingerprint density at radius 2 is 1.64 bits per heavy atom. The van der Waals surface area contributed by atoms with Gasteiger partial charge in [0.15, 0.2) is 0 Å². The van der Waals surface area contributed by atoms with Crippen LogP contribution in [0.2, 0.25) is 0 Å². The molecule has 8 heteroatoms. The molecular weight excluding hydrogens is 322 g/mol. The maximum atomic E-state index is 12.6. The molecule has 0 unspecified atom stereocenters. The van der Waals surface area contributed by atoms with Crippen LogP contribution in [0.4, 0.5) is 4.79 Å². The standard InChI is InChI=1S/C17H23N5O3/c1-3-18-16(24)21-10-8-20(9-11-21)15(23)12-22-14-7-5-4-6-13(14)19(2)17(22)25/h4-7H,3,8-12H2,1-2H3,(H,18,24). The first-order valence-corrected chi connectivity index (χ1v) is 8.47. The number of para-hydroxylation sites is 2. The molecule has 1 aliphatic heterocycles. The molecule has 0 radical (unpaired) electrons. The maximum absolute atomic E-state index is 12.6. The number of aryl methyl sites for hydroxylation is 1. The second-order valence-electron chi connectivity index (χ2n) is 6.12. The van der Waals surface area contributed by atoms with Crippen LogP contribution in [0.5, 0.6) is 0 Å². The lowest BCUT2D eigenvalue weighted by atomic mass is 10.3. The number of hydrogen-bond donors (Lipinski definition) is 1. The number of piperazine rings is 1. The number of amides is 3. The van der Waals surface area contributed by atoms with Gasteiger partial charge in [0.2, 0.25) is 5.91 Å². The Kier molecular flexibility index (Phi) is 4.78. The maximum Gasteiger partial charge on any atom is 0.329 e. The quantitative estimate of drug-likeness (QED) is 0.864. The van der Waals surface area contributed by atoms with E-state index in [1.807, 2.05) is 31.2 Å². The molecule has 2 heterocycles. The molecule has 3 amide bonds. The van der Waals surface area contributed by atoms with E-state index in [9.17, 15) is 14.4 Å². The van der Waals surface area contributed by atoms with Gasteiger partial charge in [0.05, 0.1) is 11.0 Å². The number of carbonyl (C=O) groups excluding carboxylic acids is 2. The number of urea groups is 1. The second-order valence-corrected chi connectivity index (χ2v) is 6.12. The van der Waals surface area contributed by atoms with Gasteiger partial charge >= 0.3 is 11.7 Å².